The fourth-order valence-electron chi connectivity index (χ4n) is 2.34. The van der Waals surface area contributed by atoms with Gasteiger partial charge in [0, 0.05) is 19.1 Å². The van der Waals surface area contributed by atoms with Crippen molar-refractivity contribution in [2.45, 2.75) is 24.9 Å². The molecular weight excluding hydrogens is 194 g/mol. The van der Waals surface area contributed by atoms with Crippen LogP contribution in [0.1, 0.15) is 12.8 Å². The van der Waals surface area contributed by atoms with Crippen LogP contribution in [0.2, 0.25) is 0 Å². The van der Waals surface area contributed by atoms with Gasteiger partial charge < -0.3 is 10.8 Å². The SMILES string of the molecule is NC(CN1CCC(N2CCC2)C1)C(=O)O. The zero-order valence-corrected chi connectivity index (χ0v) is 8.93. The van der Waals surface area contributed by atoms with Gasteiger partial charge in [-0.1, -0.05) is 0 Å². The van der Waals surface area contributed by atoms with Gasteiger partial charge in [0.1, 0.15) is 6.04 Å². The molecule has 0 aliphatic carbocycles. The van der Waals surface area contributed by atoms with Crippen LogP contribution in [0.3, 0.4) is 0 Å². The molecule has 2 fully saturated rings. The van der Waals surface area contributed by atoms with E-state index in [9.17, 15) is 4.79 Å². The Hall–Kier alpha value is -0.650. The number of carboxylic acid groups (broad SMARTS) is 1. The van der Waals surface area contributed by atoms with Gasteiger partial charge in [0.15, 0.2) is 0 Å². The Morgan fingerprint density at radius 2 is 2.20 bits per heavy atom. The van der Waals surface area contributed by atoms with Crippen molar-refractivity contribution in [3.8, 4) is 0 Å². The van der Waals surface area contributed by atoms with E-state index >= 15 is 0 Å². The number of carbonyl (C=O) groups is 1. The van der Waals surface area contributed by atoms with Crippen molar-refractivity contribution in [3.63, 3.8) is 0 Å². The Morgan fingerprint density at radius 1 is 1.47 bits per heavy atom. The summed E-state index contributed by atoms with van der Waals surface area (Å²) in [6, 6.07) is -0.0973. The highest BCUT2D eigenvalue weighted by Crippen LogP contribution is 2.20. The summed E-state index contributed by atoms with van der Waals surface area (Å²) >= 11 is 0. The Balaban J connectivity index is 1.74. The topological polar surface area (TPSA) is 69.8 Å². The molecule has 5 nitrogen and oxygen atoms in total. The van der Waals surface area contributed by atoms with Crippen LogP contribution in [0.15, 0.2) is 0 Å². The molecule has 0 aromatic heterocycles. The monoisotopic (exact) mass is 213 g/mol. The van der Waals surface area contributed by atoms with E-state index in [1.807, 2.05) is 0 Å². The van der Waals surface area contributed by atoms with E-state index < -0.39 is 12.0 Å². The van der Waals surface area contributed by atoms with Gasteiger partial charge in [-0.05, 0) is 32.5 Å². The second-order valence-electron chi connectivity index (χ2n) is 4.54. The molecule has 2 saturated heterocycles. The third-order valence-corrected chi connectivity index (χ3v) is 3.43. The second-order valence-corrected chi connectivity index (χ2v) is 4.54. The van der Waals surface area contributed by atoms with Gasteiger partial charge in [-0.2, -0.15) is 0 Å². The number of hydrogen-bond acceptors (Lipinski definition) is 4. The number of hydrogen-bond donors (Lipinski definition) is 2. The highest BCUT2D eigenvalue weighted by atomic mass is 16.4. The predicted octanol–water partition coefficient (Wildman–Crippen LogP) is -0.822. The maximum absolute atomic E-state index is 10.6. The van der Waals surface area contributed by atoms with E-state index in [1.165, 1.54) is 19.5 Å². The lowest BCUT2D eigenvalue weighted by atomic mass is 10.1. The second kappa shape index (κ2) is 4.47. The maximum atomic E-state index is 10.6. The lowest BCUT2D eigenvalue weighted by Crippen LogP contribution is -2.47. The van der Waals surface area contributed by atoms with Crippen molar-refractivity contribution in [2.24, 2.45) is 5.73 Å². The van der Waals surface area contributed by atoms with Crippen molar-refractivity contribution in [1.82, 2.24) is 9.80 Å². The average molecular weight is 213 g/mol. The minimum atomic E-state index is -0.901. The molecule has 2 rings (SSSR count). The molecule has 2 aliphatic heterocycles. The van der Waals surface area contributed by atoms with Gasteiger partial charge in [-0.15, -0.1) is 0 Å². The molecule has 2 atom stereocenters. The minimum Gasteiger partial charge on any atom is -0.480 e. The number of carboxylic acids is 1. The van der Waals surface area contributed by atoms with Crippen LogP contribution in [0.4, 0.5) is 0 Å². The van der Waals surface area contributed by atoms with Crippen molar-refractivity contribution in [1.29, 1.82) is 0 Å². The van der Waals surface area contributed by atoms with Crippen LogP contribution >= 0.6 is 0 Å². The van der Waals surface area contributed by atoms with Gasteiger partial charge in [-0.25, -0.2) is 0 Å². The summed E-state index contributed by atoms with van der Waals surface area (Å²) in [6.07, 6.45) is 2.47. The maximum Gasteiger partial charge on any atom is 0.321 e. The first kappa shape index (κ1) is 10.9. The zero-order valence-electron chi connectivity index (χ0n) is 8.93. The van der Waals surface area contributed by atoms with Crippen LogP contribution in [-0.2, 0) is 4.79 Å². The predicted molar refractivity (Wildman–Crippen MR) is 56.6 cm³/mol. The van der Waals surface area contributed by atoms with Gasteiger partial charge >= 0.3 is 5.97 Å². The van der Waals surface area contributed by atoms with Gasteiger partial charge in [0.05, 0.1) is 0 Å². The molecular formula is C10H19N3O2. The summed E-state index contributed by atoms with van der Waals surface area (Å²) in [5, 5.41) is 8.71. The molecule has 2 aliphatic rings. The molecule has 0 aromatic carbocycles. The number of nitrogens with two attached hydrogens (primary N) is 1. The molecule has 0 spiro atoms. The van der Waals surface area contributed by atoms with E-state index in [2.05, 4.69) is 9.80 Å². The molecule has 0 bridgehead atoms. The van der Waals surface area contributed by atoms with Gasteiger partial charge in [-0.3, -0.25) is 14.6 Å². The molecule has 15 heavy (non-hydrogen) atoms. The molecule has 86 valence electrons. The highest BCUT2D eigenvalue weighted by Gasteiger charge is 2.31. The summed E-state index contributed by atoms with van der Waals surface area (Å²) in [4.78, 5) is 15.3. The number of aliphatic carboxylic acids is 1. The molecule has 2 heterocycles. The van der Waals surface area contributed by atoms with Gasteiger partial charge in [0.25, 0.3) is 0 Å². The van der Waals surface area contributed by atoms with Crippen molar-refractivity contribution < 1.29 is 9.90 Å². The fraction of sp³-hybridized carbons (Fsp3) is 0.900. The molecule has 2 unspecified atom stereocenters. The van der Waals surface area contributed by atoms with Crippen LogP contribution in [-0.4, -0.2) is 65.7 Å². The molecule has 0 amide bonds. The standard InChI is InChI=1S/C10H19N3O2/c11-9(10(14)15)7-12-5-2-8(6-12)13-3-1-4-13/h8-9H,1-7,11H2,(H,14,15). The Kier molecular flexibility index (Phi) is 3.23. The highest BCUT2D eigenvalue weighted by molar-refractivity contribution is 5.73. The average Bonchev–Trinajstić information content (AvgIpc) is 2.49. The van der Waals surface area contributed by atoms with Crippen molar-refractivity contribution >= 4 is 5.97 Å². The smallest absolute Gasteiger partial charge is 0.321 e. The van der Waals surface area contributed by atoms with Crippen LogP contribution in [0, 0.1) is 0 Å². The summed E-state index contributed by atoms with van der Waals surface area (Å²) in [5.41, 5.74) is 5.51. The number of rotatable bonds is 4. The largest absolute Gasteiger partial charge is 0.480 e. The van der Waals surface area contributed by atoms with E-state index in [-0.39, 0.29) is 0 Å². The lowest BCUT2D eigenvalue weighted by Gasteiger charge is -2.36. The first-order valence-corrected chi connectivity index (χ1v) is 5.61. The molecule has 0 saturated carbocycles. The van der Waals surface area contributed by atoms with Crippen LogP contribution < -0.4 is 5.73 Å². The third-order valence-electron chi connectivity index (χ3n) is 3.43. The Bertz CT molecular complexity index is 243. The molecule has 5 heteroatoms. The Morgan fingerprint density at radius 3 is 2.73 bits per heavy atom. The first-order chi connectivity index (χ1) is 7.16. The normalized spacial score (nSPS) is 30.1. The van der Waals surface area contributed by atoms with E-state index in [4.69, 9.17) is 10.8 Å². The van der Waals surface area contributed by atoms with Crippen LogP contribution in [0.25, 0.3) is 0 Å². The lowest BCUT2D eigenvalue weighted by molar-refractivity contribution is -0.138. The van der Waals surface area contributed by atoms with Gasteiger partial charge in [0.2, 0.25) is 0 Å². The van der Waals surface area contributed by atoms with Crippen molar-refractivity contribution in [2.75, 3.05) is 32.7 Å². The van der Waals surface area contributed by atoms with E-state index in [0.29, 0.717) is 12.6 Å². The summed E-state index contributed by atoms with van der Waals surface area (Å²) < 4.78 is 0. The molecule has 0 aromatic rings. The minimum absolute atomic E-state index is 0.486. The fourth-order valence-corrected chi connectivity index (χ4v) is 2.34. The number of likely N-dealkylation sites (tertiary alicyclic amines) is 2. The third kappa shape index (κ3) is 2.48. The zero-order chi connectivity index (χ0) is 10.8. The summed E-state index contributed by atoms with van der Waals surface area (Å²) in [7, 11) is 0. The van der Waals surface area contributed by atoms with Crippen molar-refractivity contribution in [3.05, 3.63) is 0 Å². The molecule has 0 radical (unpaired) electrons. The summed E-state index contributed by atoms with van der Waals surface area (Å²) in [6.45, 7) is 4.88. The molecule has 3 N–H and O–H groups in total. The number of nitrogens with zero attached hydrogens (tertiary/aromatic N) is 2. The van der Waals surface area contributed by atoms with E-state index in [0.717, 1.165) is 19.5 Å². The van der Waals surface area contributed by atoms with E-state index in [1.54, 1.807) is 0 Å². The Labute approximate surface area is 89.8 Å². The summed E-state index contributed by atoms with van der Waals surface area (Å²) in [5.74, 6) is -0.901. The van der Waals surface area contributed by atoms with Crippen LogP contribution in [0.5, 0.6) is 0 Å². The first-order valence-electron chi connectivity index (χ1n) is 5.61. The quantitative estimate of drug-likeness (QED) is 0.638.